The summed E-state index contributed by atoms with van der Waals surface area (Å²) in [4.78, 5) is 40.6. The molecule has 3 aromatic heterocycles. The van der Waals surface area contributed by atoms with Crippen LogP contribution in [0.2, 0.25) is 0 Å². The third-order valence-electron chi connectivity index (χ3n) is 5.92. The average Bonchev–Trinajstić information content (AvgIpc) is 3.45. The van der Waals surface area contributed by atoms with Crippen molar-refractivity contribution in [1.29, 1.82) is 0 Å². The van der Waals surface area contributed by atoms with Gasteiger partial charge in [0, 0.05) is 24.0 Å². The van der Waals surface area contributed by atoms with Gasteiger partial charge in [0.05, 0.1) is 41.1 Å². The van der Waals surface area contributed by atoms with Crippen LogP contribution in [0.4, 0.5) is 0 Å². The Morgan fingerprint density at radius 2 is 2.00 bits per heavy atom. The molecule has 0 radical (unpaired) electrons. The summed E-state index contributed by atoms with van der Waals surface area (Å²) in [5, 5.41) is 1.07. The highest BCUT2D eigenvalue weighted by atomic mass is 79.9. The smallest absolute Gasteiger partial charge is 0.338 e. The molecule has 10 nitrogen and oxygen atoms in total. The van der Waals surface area contributed by atoms with Gasteiger partial charge in [-0.25, -0.2) is 19.8 Å². The quantitative estimate of drug-likeness (QED) is 0.207. The first kappa shape index (κ1) is 27.9. The maximum absolute atomic E-state index is 13.9. The number of aromatic nitrogens is 3. The van der Waals surface area contributed by atoms with Crippen LogP contribution < -0.4 is 24.4 Å². The second-order valence-electron chi connectivity index (χ2n) is 8.33. The van der Waals surface area contributed by atoms with Crippen LogP contribution in [0.1, 0.15) is 31.2 Å². The van der Waals surface area contributed by atoms with Crippen molar-refractivity contribution in [3.05, 3.63) is 89.5 Å². The zero-order chi connectivity index (χ0) is 28.4. The number of nitrogens with zero attached hydrogens (tertiary/aromatic N) is 4. The first-order valence-electron chi connectivity index (χ1n) is 12.0. The molecular weight excluding hydrogens is 620 g/mol. The molecule has 4 aromatic rings. The van der Waals surface area contributed by atoms with Crippen molar-refractivity contribution in [2.45, 2.75) is 30.1 Å². The van der Waals surface area contributed by atoms with E-state index in [1.807, 2.05) is 0 Å². The Morgan fingerprint density at radius 1 is 1.23 bits per heavy atom. The summed E-state index contributed by atoms with van der Waals surface area (Å²) in [6.45, 7) is 3.62. The van der Waals surface area contributed by atoms with Gasteiger partial charge in [-0.1, -0.05) is 11.3 Å². The molecule has 0 fully saturated rings. The number of halogens is 1. The van der Waals surface area contributed by atoms with Gasteiger partial charge < -0.3 is 18.6 Å². The lowest BCUT2D eigenvalue weighted by Gasteiger charge is -2.26. The van der Waals surface area contributed by atoms with Crippen LogP contribution in [0.15, 0.2) is 82.9 Å². The summed E-state index contributed by atoms with van der Waals surface area (Å²) in [6, 6.07) is 7.87. The largest absolute Gasteiger partial charge is 0.497 e. The minimum Gasteiger partial charge on any atom is -0.497 e. The summed E-state index contributed by atoms with van der Waals surface area (Å²) in [6.07, 6.45) is 4.94. The summed E-state index contributed by atoms with van der Waals surface area (Å²) >= 11 is 5.95. The molecule has 1 atom stereocenters. The Labute approximate surface area is 245 Å². The predicted octanol–water partition coefficient (Wildman–Crippen LogP) is 4.11. The molecule has 40 heavy (non-hydrogen) atoms. The van der Waals surface area contributed by atoms with Crippen LogP contribution in [0.5, 0.6) is 11.5 Å². The molecule has 4 heterocycles. The maximum atomic E-state index is 13.9. The molecule has 1 aliphatic heterocycles. The Morgan fingerprint density at radius 3 is 2.70 bits per heavy atom. The van der Waals surface area contributed by atoms with E-state index < -0.39 is 12.0 Å². The molecule has 0 unspecified atom stereocenters. The van der Waals surface area contributed by atoms with Gasteiger partial charge in [-0.2, -0.15) is 0 Å². The van der Waals surface area contributed by atoms with E-state index in [-0.39, 0.29) is 17.7 Å². The minimum atomic E-state index is -0.854. The van der Waals surface area contributed by atoms with E-state index in [1.165, 1.54) is 34.8 Å². The van der Waals surface area contributed by atoms with Crippen LogP contribution in [0.3, 0.4) is 0 Å². The van der Waals surface area contributed by atoms with Gasteiger partial charge in [0.2, 0.25) is 0 Å². The molecule has 1 aromatic carbocycles. The van der Waals surface area contributed by atoms with E-state index in [1.54, 1.807) is 69.8 Å². The van der Waals surface area contributed by atoms with Crippen molar-refractivity contribution in [3.8, 4) is 11.5 Å². The molecule has 1 aliphatic rings. The highest BCUT2D eigenvalue weighted by Crippen LogP contribution is 2.38. The van der Waals surface area contributed by atoms with Crippen molar-refractivity contribution in [2.24, 2.45) is 4.99 Å². The van der Waals surface area contributed by atoms with Gasteiger partial charge in [-0.15, -0.1) is 0 Å². The highest BCUT2D eigenvalue weighted by molar-refractivity contribution is 9.10. The fraction of sp³-hybridized carbons (Fsp3) is 0.222. The van der Waals surface area contributed by atoms with Crippen LogP contribution in [0.25, 0.3) is 6.08 Å². The molecule has 5 rings (SSSR count). The Balaban J connectivity index is 1.66. The molecule has 0 bridgehead atoms. The number of ether oxygens (including phenoxy) is 3. The van der Waals surface area contributed by atoms with E-state index >= 15 is 0 Å². The number of fused-ring (bicyclic) bond motifs is 1. The van der Waals surface area contributed by atoms with Crippen molar-refractivity contribution >= 4 is 51.1 Å². The lowest BCUT2D eigenvalue weighted by molar-refractivity contribution is -0.139. The molecule has 0 saturated heterocycles. The van der Waals surface area contributed by atoms with Gasteiger partial charge >= 0.3 is 5.97 Å². The lowest BCUT2D eigenvalue weighted by atomic mass is 9.95. The normalized spacial score (nSPS) is 15.0. The number of methoxy groups -OCH3 is 2. The number of carbonyl (C=O) groups is 1. The fourth-order valence-corrected chi connectivity index (χ4v) is 6.46. The first-order chi connectivity index (χ1) is 19.3. The number of carbonyl (C=O) groups excluding carboxylic acids is 1. The zero-order valence-electron chi connectivity index (χ0n) is 21.8. The number of hydrogen-bond donors (Lipinski definition) is 0. The van der Waals surface area contributed by atoms with E-state index in [0.717, 1.165) is 0 Å². The number of allylic oxidation sites excluding steroid dienone is 1. The van der Waals surface area contributed by atoms with Crippen molar-refractivity contribution in [2.75, 3.05) is 20.8 Å². The number of benzene rings is 1. The van der Waals surface area contributed by atoms with E-state index in [2.05, 4.69) is 30.9 Å². The van der Waals surface area contributed by atoms with Crippen molar-refractivity contribution in [3.63, 3.8) is 0 Å². The molecule has 0 aliphatic carbocycles. The van der Waals surface area contributed by atoms with E-state index in [0.29, 0.717) is 52.6 Å². The van der Waals surface area contributed by atoms with Gasteiger partial charge in [0.15, 0.2) is 15.1 Å². The topological polar surface area (TPSA) is 118 Å². The number of hydrogen-bond acceptors (Lipinski definition) is 11. The van der Waals surface area contributed by atoms with Gasteiger partial charge in [0.1, 0.15) is 23.3 Å². The summed E-state index contributed by atoms with van der Waals surface area (Å²) in [5.41, 5.74) is 0.910. The Hall–Kier alpha value is -3.68. The molecule has 206 valence electrons. The molecule has 0 N–H and O–H groups in total. The lowest BCUT2D eigenvalue weighted by Crippen LogP contribution is -2.40. The Kier molecular flexibility index (Phi) is 8.24. The van der Waals surface area contributed by atoms with Gasteiger partial charge in [-0.3, -0.25) is 9.36 Å². The summed E-state index contributed by atoms with van der Waals surface area (Å²) in [5.74, 6) is 0.917. The first-order valence-corrected chi connectivity index (χ1v) is 14.4. The number of thiazole rings is 1. The van der Waals surface area contributed by atoms with Gasteiger partial charge in [-0.05, 0) is 71.9 Å². The fourth-order valence-electron chi connectivity index (χ4n) is 4.20. The Bertz CT molecular complexity index is 1800. The second-order valence-corrected chi connectivity index (χ2v) is 11.1. The van der Waals surface area contributed by atoms with Crippen molar-refractivity contribution < 1.29 is 23.4 Å². The maximum Gasteiger partial charge on any atom is 0.338 e. The van der Waals surface area contributed by atoms with Crippen molar-refractivity contribution in [1.82, 2.24) is 14.5 Å². The average molecular weight is 644 g/mol. The third kappa shape index (κ3) is 5.36. The molecule has 0 spiro atoms. The molecule has 0 saturated carbocycles. The number of rotatable bonds is 8. The predicted molar refractivity (Wildman–Crippen MR) is 153 cm³/mol. The van der Waals surface area contributed by atoms with Gasteiger partial charge in [0.25, 0.3) is 5.56 Å². The number of furan rings is 1. The molecule has 0 amide bonds. The second kappa shape index (κ2) is 11.8. The number of esters is 1. The summed E-state index contributed by atoms with van der Waals surface area (Å²) in [7, 11) is 3.07. The van der Waals surface area contributed by atoms with E-state index in [4.69, 9.17) is 18.6 Å². The van der Waals surface area contributed by atoms with Crippen LogP contribution in [-0.2, 0) is 9.53 Å². The minimum absolute atomic E-state index is 0.170. The monoisotopic (exact) mass is 642 g/mol. The third-order valence-corrected chi connectivity index (χ3v) is 8.64. The molecular formula is C27H23BrN4O6S2. The van der Waals surface area contributed by atoms with Crippen LogP contribution >= 0.6 is 39.0 Å². The zero-order valence-corrected chi connectivity index (χ0v) is 25.1. The van der Waals surface area contributed by atoms with Crippen LogP contribution in [-0.4, -0.2) is 41.3 Å². The SMILES string of the molecule is CCOC(=O)C1=C(C)N=c2s/c(=C/c3cc(Br)c(Sc4ncccn4)o3)c(=O)n2[C@H]1c1cc(OC)ccc1OC. The molecule has 13 heteroatoms. The van der Waals surface area contributed by atoms with Crippen LogP contribution in [0, 0.1) is 0 Å². The highest BCUT2D eigenvalue weighted by Gasteiger charge is 2.35. The standard InChI is InChI=1S/C27H23BrN4O6S2/c1-5-37-24(34)21-14(2)31-27-32(22(21)17-11-15(35-3)7-8-19(17)36-4)23(33)20(39-27)13-16-12-18(28)25(38-16)40-26-29-9-6-10-30-26/h6-13,22H,5H2,1-4H3/b20-13+/t22-/m0/s1. The van der Waals surface area contributed by atoms with E-state index in [9.17, 15) is 9.59 Å². The summed E-state index contributed by atoms with van der Waals surface area (Å²) < 4.78 is 25.0.